The monoisotopic (exact) mass is 442 g/mol. The molecule has 2 heterocycles. The summed E-state index contributed by atoms with van der Waals surface area (Å²) in [6.07, 6.45) is 0.962. The zero-order valence-electron chi connectivity index (χ0n) is 18.1. The van der Waals surface area contributed by atoms with Crippen molar-refractivity contribution in [2.24, 2.45) is 0 Å². The van der Waals surface area contributed by atoms with E-state index < -0.39 is 0 Å². The molecule has 6 nitrogen and oxygen atoms in total. The van der Waals surface area contributed by atoms with Gasteiger partial charge < -0.3 is 15.2 Å². The summed E-state index contributed by atoms with van der Waals surface area (Å²) in [5.41, 5.74) is 4.93. The van der Waals surface area contributed by atoms with Crippen LogP contribution in [0, 0.1) is 5.82 Å². The van der Waals surface area contributed by atoms with Gasteiger partial charge in [0.1, 0.15) is 11.6 Å². The Bertz CT molecular complexity index is 1360. The topological polar surface area (TPSA) is 78.1 Å². The molecule has 0 aliphatic carbocycles. The van der Waals surface area contributed by atoms with Gasteiger partial charge >= 0.3 is 0 Å². The van der Waals surface area contributed by atoms with E-state index >= 15 is 0 Å². The van der Waals surface area contributed by atoms with Crippen molar-refractivity contribution < 1.29 is 14.0 Å². The number of hydrogen-bond donors (Lipinski definition) is 2. The Labute approximate surface area is 190 Å². The van der Waals surface area contributed by atoms with Crippen molar-refractivity contribution in [3.8, 4) is 11.4 Å². The van der Waals surface area contributed by atoms with E-state index in [1.165, 1.54) is 17.7 Å². The van der Waals surface area contributed by atoms with Crippen LogP contribution in [-0.2, 0) is 16.0 Å². The second-order valence-electron chi connectivity index (χ2n) is 8.26. The maximum absolute atomic E-state index is 13.6. The number of anilines is 1. The molecule has 0 bridgehead atoms. The molecule has 0 radical (unpaired) electrons. The molecule has 1 unspecified atom stereocenters. The number of hydrogen-bond acceptors (Lipinski definition) is 3. The highest BCUT2D eigenvalue weighted by Crippen LogP contribution is 2.33. The number of carbonyl (C=O) groups excluding carboxylic acids is 2. The van der Waals surface area contributed by atoms with Gasteiger partial charge in [0, 0.05) is 24.7 Å². The van der Waals surface area contributed by atoms with E-state index in [4.69, 9.17) is 0 Å². The average molecular weight is 442 g/mol. The number of nitrogens with zero attached hydrogens (tertiary/aromatic N) is 2. The summed E-state index contributed by atoms with van der Waals surface area (Å²) in [6.45, 7) is 2.15. The van der Waals surface area contributed by atoms with Crippen LogP contribution in [0.15, 0.2) is 66.7 Å². The van der Waals surface area contributed by atoms with E-state index in [-0.39, 0.29) is 30.1 Å². The quantitative estimate of drug-likeness (QED) is 0.475. The Morgan fingerprint density at radius 1 is 1.12 bits per heavy atom. The summed E-state index contributed by atoms with van der Waals surface area (Å²) >= 11 is 0. The summed E-state index contributed by atoms with van der Waals surface area (Å²) in [4.78, 5) is 34.6. The maximum atomic E-state index is 13.6. The van der Waals surface area contributed by atoms with Gasteiger partial charge in [0.25, 0.3) is 0 Å². The number of amides is 2. The minimum absolute atomic E-state index is 0.0361. The molecule has 0 fully saturated rings. The van der Waals surface area contributed by atoms with Crippen LogP contribution in [-0.4, -0.2) is 33.2 Å². The lowest BCUT2D eigenvalue weighted by molar-refractivity contribution is -0.132. The summed E-state index contributed by atoms with van der Waals surface area (Å²) in [5.74, 6) is 0.0203. The van der Waals surface area contributed by atoms with Gasteiger partial charge in [-0.15, -0.1) is 0 Å². The van der Waals surface area contributed by atoms with E-state index in [0.29, 0.717) is 23.6 Å². The van der Waals surface area contributed by atoms with E-state index in [9.17, 15) is 14.0 Å². The third-order valence-corrected chi connectivity index (χ3v) is 6.06. The van der Waals surface area contributed by atoms with Crippen molar-refractivity contribution in [2.45, 2.75) is 25.8 Å². The maximum Gasteiger partial charge on any atom is 0.226 e. The van der Waals surface area contributed by atoms with E-state index in [1.54, 1.807) is 36.1 Å². The molecular formula is C26H23FN4O2. The van der Waals surface area contributed by atoms with Crippen molar-refractivity contribution in [1.82, 2.24) is 14.9 Å². The number of rotatable bonds is 4. The number of aromatic amines is 1. The predicted molar refractivity (Wildman–Crippen MR) is 125 cm³/mol. The van der Waals surface area contributed by atoms with Gasteiger partial charge in [-0.2, -0.15) is 0 Å². The van der Waals surface area contributed by atoms with Gasteiger partial charge in [-0.1, -0.05) is 36.4 Å². The summed E-state index contributed by atoms with van der Waals surface area (Å²) < 4.78 is 13.6. The van der Waals surface area contributed by atoms with Gasteiger partial charge in [0.2, 0.25) is 11.8 Å². The lowest BCUT2D eigenvalue weighted by Gasteiger charge is -2.36. The third kappa shape index (κ3) is 4.22. The van der Waals surface area contributed by atoms with Crippen LogP contribution < -0.4 is 5.32 Å². The zero-order chi connectivity index (χ0) is 22.9. The fourth-order valence-electron chi connectivity index (χ4n) is 4.50. The van der Waals surface area contributed by atoms with Crippen molar-refractivity contribution >= 4 is 28.5 Å². The van der Waals surface area contributed by atoms with Gasteiger partial charge in [-0.3, -0.25) is 9.59 Å². The number of halogens is 1. The Morgan fingerprint density at radius 2 is 1.97 bits per heavy atom. The summed E-state index contributed by atoms with van der Waals surface area (Å²) in [5, 5.41) is 2.95. The Hall–Kier alpha value is -4.00. The van der Waals surface area contributed by atoms with Gasteiger partial charge in [-0.25, -0.2) is 9.37 Å². The lowest BCUT2D eigenvalue weighted by atomic mass is 9.90. The molecule has 4 aromatic rings. The summed E-state index contributed by atoms with van der Waals surface area (Å²) in [6, 6.07) is 19.3. The molecule has 2 N–H and O–H groups in total. The first-order chi connectivity index (χ1) is 16.0. The fraction of sp³-hybridized carbons (Fsp3) is 0.192. The number of fused-ring (bicyclic) bond motifs is 2. The first-order valence-electron chi connectivity index (χ1n) is 10.9. The van der Waals surface area contributed by atoms with Crippen molar-refractivity contribution in [3.05, 3.63) is 83.7 Å². The number of H-pyrrole nitrogens is 1. The molecule has 0 spiro atoms. The van der Waals surface area contributed by atoms with Crippen LogP contribution in [0.25, 0.3) is 22.4 Å². The molecule has 1 aliphatic heterocycles. The second kappa shape index (κ2) is 8.50. The fourth-order valence-corrected chi connectivity index (χ4v) is 4.50. The van der Waals surface area contributed by atoms with Crippen LogP contribution in [0.4, 0.5) is 10.1 Å². The second-order valence-corrected chi connectivity index (χ2v) is 8.26. The molecule has 2 amide bonds. The smallest absolute Gasteiger partial charge is 0.226 e. The molecule has 7 heteroatoms. The molecule has 0 saturated heterocycles. The minimum atomic E-state index is -0.329. The number of imidazole rings is 1. The molecule has 5 rings (SSSR count). The van der Waals surface area contributed by atoms with Crippen molar-refractivity contribution in [1.29, 1.82) is 0 Å². The number of benzene rings is 3. The molecule has 33 heavy (non-hydrogen) atoms. The minimum Gasteiger partial charge on any atom is -0.338 e. The van der Waals surface area contributed by atoms with Crippen LogP contribution in [0.5, 0.6) is 0 Å². The Morgan fingerprint density at radius 3 is 2.79 bits per heavy atom. The Kier molecular flexibility index (Phi) is 5.38. The first-order valence-corrected chi connectivity index (χ1v) is 10.9. The average Bonchev–Trinajstić information content (AvgIpc) is 3.22. The zero-order valence-corrected chi connectivity index (χ0v) is 18.1. The lowest BCUT2D eigenvalue weighted by Crippen LogP contribution is -2.40. The number of carbonyl (C=O) groups is 2. The molecule has 3 aromatic carbocycles. The molecule has 1 atom stereocenters. The van der Waals surface area contributed by atoms with Crippen LogP contribution in [0.2, 0.25) is 0 Å². The highest BCUT2D eigenvalue weighted by Gasteiger charge is 2.30. The Balaban J connectivity index is 1.36. The van der Waals surface area contributed by atoms with Gasteiger partial charge in [0.15, 0.2) is 0 Å². The van der Waals surface area contributed by atoms with Crippen LogP contribution >= 0.6 is 0 Å². The molecule has 0 saturated carbocycles. The van der Waals surface area contributed by atoms with Crippen molar-refractivity contribution in [2.75, 3.05) is 11.9 Å². The largest absolute Gasteiger partial charge is 0.338 e. The third-order valence-electron chi connectivity index (χ3n) is 6.06. The number of nitrogens with one attached hydrogen (secondary N) is 2. The number of aromatic nitrogens is 2. The van der Waals surface area contributed by atoms with Crippen LogP contribution in [0.3, 0.4) is 0 Å². The summed E-state index contributed by atoms with van der Waals surface area (Å²) in [7, 11) is 0. The standard InChI is InChI=1S/C26H23FN4O2/c1-16(32)31-12-11-17-5-2-3-8-21(17)24(31)15-25(33)28-20-9-10-22-23(14-20)30-26(29-22)18-6-4-7-19(27)13-18/h2-10,13-14,24H,11-12,15H2,1H3,(H,28,33)(H,29,30). The molecule has 166 valence electrons. The van der Waals surface area contributed by atoms with E-state index in [2.05, 4.69) is 21.4 Å². The van der Waals surface area contributed by atoms with E-state index in [1.807, 2.05) is 24.3 Å². The predicted octanol–water partition coefficient (Wildman–Crippen LogP) is 4.84. The van der Waals surface area contributed by atoms with Crippen LogP contribution in [0.1, 0.15) is 30.5 Å². The first kappa shape index (κ1) is 20.9. The SMILES string of the molecule is CC(=O)N1CCc2ccccc2C1CC(=O)Nc1ccc2nc(-c3cccc(F)c3)[nH]c2c1. The molecular weight excluding hydrogens is 419 g/mol. The molecule has 1 aliphatic rings. The van der Waals surface area contributed by atoms with E-state index in [0.717, 1.165) is 23.0 Å². The van der Waals surface area contributed by atoms with Gasteiger partial charge in [-0.05, 0) is 47.9 Å². The van der Waals surface area contributed by atoms with Gasteiger partial charge in [0.05, 0.1) is 23.5 Å². The normalized spacial score (nSPS) is 15.3. The highest BCUT2D eigenvalue weighted by atomic mass is 19.1. The highest BCUT2D eigenvalue weighted by molar-refractivity contribution is 5.94. The molecule has 1 aromatic heterocycles. The van der Waals surface area contributed by atoms with Crippen molar-refractivity contribution in [3.63, 3.8) is 0 Å².